The molecule has 0 unspecified atom stereocenters. The minimum Gasteiger partial charge on any atom is -0.493 e. The third-order valence-corrected chi connectivity index (χ3v) is 7.97. The zero-order valence-electron chi connectivity index (χ0n) is 21.8. The van der Waals surface area contributed by atoms with Crippen molar-refractivity contribution in [2.75, 3.05) is 7.11 Å². The molecule has 3 aromatic rings. The first-order valence-electron chi connectivity index (χ1n) is 12.1. The highest BCUT2D eigenvalue weighted by Gasteiger charge is 2.34. The van der Waals surface area contributed by atoms with Crippen molar-refractivity contribution in [3.05, 3.63) is 73.6 Å². The summed E-state index contributed by atoms with van der Waals surface area (Å²) in [6.07, 6.45) is -0.345. The van der Waals surface area contributed by atoms with Gasteiger partial charge in [0.25, 0.3) is 0 Å². The fourth-order valence-corrected chi connectivity index (χ4v) is 5.76. The lowest BCUT2D eigenvalue weighted by atomic mass is 9.72. The predicted molar refractivity (Wildman–Crippen MR) is 142 cm³/mol. The molecule has 0 amide bonds. The molecule has 0 saturated heterocycles. The summed E-state index contributed by atoms with van der Waals surface area (Å²) in [7, 11) is 1.37. The SMILES string of the molecule is COc1cc(C=Nc2sc3c(c2C#N)CC[C@H](C(C)(C)C)C3)ccc1Oc1ccc(C(F)(F)F)cc1[N+](=O)[O-]. The molecule has 11 heteroatoms. The number of rotatable bonds is 6. The van der Waals surface area contributed by atoms with Crippen molar-refractivity contribution < 1.29 is 27.6 Å². The number of benzene rings is 2. The van der Waals surface area contributed by atoms with E-state index >= 15 is 0 Å². The van der Waals surface area contributed by atoms with Gasteiger partial charge in [-0.25, -0.2) is 4.99 Å². The van der Waals surface area contributed by atoms with E-state index in [9.17, 15) is 28.5 Å². The monoisotopic (exact) mass is 557 g/mol. The van der Waals surface area contributed by atoms with Crippen molar-refractivity contribution in [3.8, 4) is 23.3 Å². The second kappa shape index (κ2) is 10.7. The van der Waals surface area contributed by atoms with Gasteiger partial charge in [0.05, 0.1) is 23.2 Å². The molecule has 1 atom stereocenters. The van der Waals surface area contributed by atoms with E-state index in [0.717, 1.165) is 30.9 Å². The Balaban J connectivity index is 1.60. The number of methoxy groups -OCH3 is 1. The predicted octanol–water partition coefficient (Wildman–Crippen LogP) is 8.25. The molecule has 0 fully saturated rings. The number of nitriles is 1. The number of hydrogen-bond donors (Lipinski definition) is 0. The van der Waals surface area contributed by atoms with Crippen LogP contribution in [0.15, 0.2) is 41.4 Å². The van der Waals surface area contributed by atoms with Crippen LogP contribution in [0.2, 0.25) is 0 Å². The average molecular weight is 558 g/mol. The van der Waals surface area contributed by atoms with Gasteiger partial charge in [0, 0.05) is 17.2 Å². The maximum Gasteiger partial charge on any atom is 0.416 e. The van der Waals surface area contributed by atoms with Gasteiger partial charge in [0.15, 0.2) is 11.5 Å². The third kappa shape index (κ3) is 6.06. The lowest BCUT2D eigenvalue weighted by molar-refractivity contribution is -0.385. The third-order valence-electron chi connectivity index (χ3n) is 6.80. The minimum atomic E-state index is -4.73. The van der Waals surface area contributed by atoms with E-state index in [0.29, 0.717) is 34.2 Å². The Kier molecular flexibility index (Phi) is 7.70. The van der Waals surface area contributed by atoms with E-state index in [1.807, 2.05) is 0 Å². The van der Waals surface area contributed by atoms with E-state index in [2.05, 4.69) is 31.8 Å². The summed E-state index contributed by atoms with van der Waals surface area (Å²) in [5, 5.41) is 21.8. The van der Waals surface area contributed by atoms with Crippen LogP contribution in [0.25, 0.3) is 0 Å². The molecular formula is C28H26F3N3O4S. The summed E-state index contributed by atoms with van der Waals surface area (Å²) in [6, 6.07) is 9.06. The van der Waals surface area contributed by atoms with E-state index in [1.54, 1.807) is 18.3 Å². The Hall–Kier alpha value is -3.91. The Labute approximate surface area is 227 Å². The number of nitro groups is 1. The number of aliphatic imine (C=N–C) groups is 1. The Morgan fingerprint density at radius 1 is 1.15 bits per heavy atom. The highest BCUT2D eigenvalue weighted by Crippen LogP contribution is 2.45. The van der Waals surface area contributed by atoms with Crippen LogP contribution in [0.5, 0.6) is 17.2 Å². The molecule has 0 aliphatic heterocycles. The topological polar surface area (TPSA) is 97.8 Å². The van der Waals surface area contributed by atoms with Crippen molar-refractivity contribution in [3.63, 3.8) is 0 Å². The number of thiophene rings is 1. The molecule has 39 heavy (non-hydrogen) atoms. The maximum atomic E-state index is 13.0. The first-order valence-corrected chi connectivity index (χ1v) is 12.9. The van der Waals surface area contributed by atoms with Crippen LogP contribution in [-0.4, -0.2) is 18.2 Å². The molecule has 1 aliphatic carbocycles. The second-order valence-corrected chi connectivity index (χ2v) is 11.4. The van der Waals surface area contributed by atoms with Crippen LogP contribution in [-0.2, 0) is 19.0 Å². The summed E-state index contributed by atoms with van der Waals surface area (Å²) < 4.78 is 50.0. The first kappa shape index (κ1) is 28.1. The average Bonchev–Trinajstić information content (AvgIpc) is 3.23. The van der Waals surface area contributed by atoms with Crippen LogP contribution in [0.4, 0.5) is 23.9 Å². The van der Waals surface area contributed by atoms with Gasteiger partial charge in [0.1, 0.15) is 11.1 Å². The number of nitrogens with zero attached hydrogens (tertiary/aromatic N) is 3. The van der Waals surface area contributed by atoms with Crippen LogP contribution < -0.4 is 9.47 Å². The van der Waals surface area contributed by atoms with Crippen LogP contribution in [0.3, 0.4) is 0 Å². The summed E-state index contributed by atoms with van der Waals surface area (Å²) in [6.45, 7) is 6.70. The molecule has 0 spiro atoms. The minimum absolute atomic E-state index is 0.0787. The van der Waals surface area contributed by atoms with Crippen LogP contribution >= 0.6 is 11.3 Å². The quantitative estimate of drug-likeness (QED) is 0.173. The maximum absolute atomic E-state index is 13.0. The van der Waals surface area contributed by atoms with Gasteiger partial charge in [-0.1, -0.05) is 20.8 Å². The number of fused-ring (bicyclic) bond motifs is 1. The lowest BCUT2D eigenvalue weighted by Crippen LogP contribution is -2.26. The van der Waals surface area contributed by atoms with Gasteiger partial charge in [-0.3, -0.25) is 10.1 Å². The van der Waals surface area contributed by atoms with E-state index in [4.69, 9.17) is 9.47 Å². The number of hydrogen-bond acceptors (Lipinski definition) is 7. The largest absolute Gasteiger partial charge is 0.493 e. The zero-order chi connectivity index (χ0) is 28.5. The van der Waals surface area contributed by atoms with Crippen molar-refractivity contribution in [2.45, 2.75) is 46.2 Å². The molecule has 0 N–H and O–H groups in total. The Bertz CT molecular complexity index is 1480. The summed E-state index contributed by atoms with van der Waals surface area (Å²) in [5.74, 6) is 0.454. The van der Waals surface area contributed by atoms with Crippen LogP contribution in [0, 0.1) is 32.8 Å². The van der Waals surface area contributed by atoms with Gasteiger partial charge < -0.3 is 9.47 Å². The number of ether oxygens (including phenoxy) is 2. The zero-order valence-corrected chi connectivity index (χ0v) is 22.6. The Morgan fingerprint density at radius 3 is 2.49 bits per heavy atom. The second-order valence-electron chi connectivity index (χ2n) is 10.3. The summed E-state index contributed by atoms with van der Waals surface area (Å²) >= 11 is 1.53. The normalized spacial score (nSPS) is 15.6. The molecule has 0 saturated carbocycles. The van der Waals surface area contributed by atoms with Gasteiger partial charge in [-0.15, -0.1) is 11.3 Å². The van der Waals surface area contributed by atoms with Gasteiger partial charge in [0.2, 0.25) is 5.75 Å². The number of halogens is 3. The van der Waals surface area contributed by atoms with E-state index in [1.165, 1.54) is 29.4 Å². The molecule has 7 nitrogen and oxygen atoms in total. The summed E-state index contributed by atoms with van der Waals surface area (Å²) in [5.41, 5.74) is 0.496. The molecule has 0 radical (unpaired) electrons. The van der Waals surface area contributed by atoms with Gasteiger partial charge in [-0.05, 0) is 72.1 Å². The fraction of sp³-hybridized carbons (Fsp3) is 0.357. The highest BCUT2D eigenvalue weighted by molar-refractivity contribution is 7.16. The van der Waals surface area contributed by atoms with Crippen molar-refractivity contribution in [1.82, 2.24) is 0 Å². The molecule has 1 aliphatic rings. The van der Waals surface area contributed by atoms with Gasteiger partial charge in [-0.2, -0.15) is 18.4 Å². The molecule has 1 heterocycles. The van der Waals surface area contributed by atoms with E-state index < -0.39 is 22.4 Å². The van der Waals surface area contributed by atoms with Crippen LogP contribution in [0.1, 0.15) is 54.3 Å². The number of nitro benzene ring substituents is 1. The molecule has 4 rings (SSSR count). The van der Waals surface area contributed by atoms with Crippen molar-refractivity contribution >= 4 is 28.2 Å². The van der Waals surface area contributed by atoms with Gasteiger partial charge >= 0.3 is 11.9 Å². The highest BCUT2D eigenvalue weighted by atomic mass is 32.1. The number of alkyl halides is 3. The lowest BCUT2D eigenvalue weighted by Gasteiger charge is -2.33. The standard InChI is InChI=1S/C28H26F3N3O4S/c1-27(2,3)17-6-8-19-20(14-32)26(39-25(19)13-17)33-15-16-5-9-23(24(11-16)37-4)38-22-10-7-18(28(29,30)31)12-21(22)34(35)36/h5,7,9-12,15,17H,6,8,13H2,1-4H3/t17-/m0/s1. The smallest absolute Gasteiger partial charge is 0.416 e. The molecule has 2 aromatic carbocycles. The first-order chi connectivity index (χ1) is 18.3. The Morgan fingerprint density at radius 2 is 1.87 bits per heavy atom. The molecular weight excluding hydrogens is 531 g/mol. The molecule has 1 aromatic heterocycles. The van der Waals surface area contributed by atoms with Crippen molar-refractivity contribution in [2.24, 2.45) is 16.3 Å². The van der Waals surface area contributed by atoms with E-state index in [-0.39, 0.29) is 22.7 Å². The molecule has 0 bridgehead atoms. The fourth-order valence-electron chi connectivity index (χ4n) is 4.54. The molecule has 204 valence electrons. The van der Waals surface area contributed by atoms with Crippen molar-refractivity contribution in [1.29, 1.82) is 5.26 Å². The summed E-state index contributed by atoms with van der Waals surface area (Å²) in [4.78, 5) is 16.2.